The van der Waals surface area contributed by atoms with E-state index in [-0.39, 0.29) is 0 Å². The zero-order valence-electron chi connectivity index (χ0n) is 12.3. The van der Waals surface area contributed by atoms with Crippen molar-refractivity contribution in [2.75, 3.05) is 0 Å². The Morgan fingerprint density at radius 3 is 1.80 bits per heavy atom. The summed E-state index contributed by atoms with van der Waals surface area (Å²) in [6, 6.07) is 8.52. The van der Waals surface area contributed by atoms with Crippen molar-refractivity contribution in [3.8, 4) is 0 Å². The lowest BCUT2D eigenvalue weighted by molar-refractivity contribution is 0.0277. The van der Waals surface area contributed by atoms with Gasteiger partial charge in [-0.1, -0.05) is 30.3 Å². The quantitative estimate of drug-likeness (QED) is 0.757. The van der Waals surface area contributed by atoms with Gasteiger partial charge in [0.1, 0.15) is 6.10 Å². The highest BCUT2D eigenvalue weighted by Crippen LogP contribution is 2.57. The van der Waals surface area contributed by atoms with Gasteiger partial charge in [-0.25, -0.2) is 0 Å². The number of aliphatic hydroxyl groups is 2. The van der Waals surface area contributed by atoms with Gasteiger partial charge in [0, 0.05) is 0 Å². The molecule has 2 atom stereocenters. The third-order valence-electron chi connectivity index (χ3n) is 2.46. The van der Waals surface area contributed by atoms with E-state index < -0.39 is 31.8 Å². The molecule has 1 aromatic carbocycles. The summed E-state index contributed by atoms with van der Waals surface area (Å²) in [5.41, 5.74) is 0.458. The Labute approximate surface area is 120 Å². The van der Waals surface area contributed by atoms with Crippen LogP contribution in [-0.2, 0) is 13.6 Å². The highest BCUT2D eigenvalue weighted by molar-refractivity contribution is 7.54. The average Bonchev–Trinajstić information content (AvgIpc) is 2.36. The van der Waals surface area contributed by atoms with Crippen LogP contribution in [0.25, 0.3) is 0 Å². The first-order valence-corrected chi connectivity index (χ1v) is 8.25. The molecule has 0 aliphatic carbocycles. The van der Waals surface area contributed by atoms with E-state index in [1.54, 1.807) is 58.0 Å². The second-order valence-corrected chi connectivity index (χ2v) is 7.15. The molecule has 5 nitrogen and oxygen atoms in total. The lowest BCUT2D eigenvalue weighted by Gasteiger charge is -2.29. The van der Waals surface area contributed by atoms with Gasteiger partial charge >= 0.3 is 7.60 Å². The second-order valence-electron chi connectivity index (χ2n) is 5.12. The Hall–Kier alpha value is -0.710. The first-order chi connectivity index (χ1) is 9.26. The van der Waals surface area contributed by atoms with Crippen molar-refractivity contribution in [2.45, 2.75) is 51.9 Å². The monoisotopic (exact) mass is 302 g/mol. The van der Waals surface area contributed by atoms with Gasteiger partial charge in [-0.2, -0.15) is 0 Å². The zero-order valence-corrected chi connectivity index (χ0v) is 13.2. The predicted octanol–water partition coefficient (Wildman–Crippen LogP) is 3.08. The van der Waals surface area contributed by atoms with Crippen LogP contribution in [-0.4, -0.2) is 28.3 Å². The fraction of sp³-hybridized carbons (Fsp3) is 0.571. The molecule has 0 aliphatic rings. The summed E-state index contributed by atoms with van der Waals surface area (Å²) in [7, 11) is -3.84. The van der Waals surface area contributed by atoms with Crippen LogP contribution in [0, 0.1) is 0 Å². The average molecular weight is 302 g/mol. The topological polar surface area (TPSA) is 76.0 Å². The SMILES string of the molecule is CC(C)OP(=O)(OC(C)C)[C@H](O)[C@H](O)c1ccccc1. The Morgan fingerprint density at radius 2 is 1.40 bits per heavy atom. The van der Waals surface area contributed by atoms with Gasteiger partial charge in [0.15, 0.2) is 5.85 Å². The van der Waals surface area contributed by atoms with Crippen molar-refractivity contribution in [3.63, 3.8) is 0 Å². The molecule has 1 aromatic rings. The van der Waals surface area contributed by atoms with Crippen LogP contribution in [0.3, 0.4) is 0 Å². The summed E-state index contributed by atoms with van der Waals surface area (Å²) >= 11 is 0. The van der Waals surface area contributed by atoms with Gasteiger partial charge in [0.05, 0.1) is 12.2 Å². The molecule has 0 heterocycles. The van der Waals surface area contributed by atoms with Crippen LogP contribution >= 0.6 is 7.60 Å². The van der Waals surface area contributed by atoms with Crippen molar-refractivity contribution in [3.05, 3.63) is 35.9 Å². The molecule has 1 rings (SSSR count). The maximum Gasteiger partial charge on any atom is 0.362 e. The van der Waals surface area contributed by atoms with Crippen LogP contribution in [0.4, 0.5) is 0 Å². The van der Waals surface area contributed by atoms with Crippen molar-refractivity contribution in [2.24, 2.45) is 0 Å². The molecule has 0 fully saturated rings. The largest absolute Gasteiger partial charge is 0.385 e. The van der Waals surface area contributed by atoms with Gasteiger partial charge in [-0.15, -0.1) is 0 Å². The number of rotatable bonds is 7. The third kappa shape index (κ3) is 4.69. The molecule has 0 spiro atoms. The van der Waals surface area contributed by atoms with Gasteiger partial charge in [-0.05, 0) is 33.3 Å². The molecule has 0 aromatic heterocycles. The third-order valence-corrected chi connectivity index (χ3v) is 4.82. The number of hydrogen-bond donors (Lipinski definition) is 2. The molecule has 0 saturated heterocycles. The molecule has 0 unspecified atom stereocenters. The molecular formula is C14H23O5P. The van der Waals surface area contributed by atoms with E-state index in [0.29, 0.717) is 5.56 Å². The minimum Gasteiger partial charge on any atom is -0.385 e. The van der Waals surface area contributed by atoms with E-state index in [1.807, 2.05) is 0 Å². The number of benzene rings is 1. The van der Waals surface area contributed by atoms with Gasteiger partial charge in [0.25, 0.3) is 0 Å². The summed E-state index contributed by atoms with van der Waals surface area (Å²) < 4.78 is 23.2. The van der Waals surface area contributed by atoms with Crippen LogP contribution < -0.4 is 0 Å². The molecule has 0 aliphatic heterocycles. The van der Waals surface area contributed by atoms with Gasteiger partial charge in [0.2, 0.25) is 0 Å². The van der Waals surface area contributed by atoms with Crippen molar-refractivity contribution in [1.82, 2.24) is 0 Å². The highest BCUT2D eigenvalue weighted by atomic mass is 31.2. The number of hydrogen-bond acceptors (Lipinski definition) is 5. The smallest absolute Gasteiger partial charge is 0.362 e. The summed E-state index contributed by atoms with van der Waals surface area (Å²) in [6.45, 7) is 6.77. The summed E-state index contributed by atoms with van der Waals surface area (Å²) in [5.74, 6) is -1.63. The van der Waals surface area contributed by atoms with Crippen LogP contribution in [0.15, 0.2) is 30.3 Å². The minimum atomic E-state index is -3.84. The fourth-order valence-electron chi connectivity index (χ4n) is 1.73. The predicted molar refractivity (Wildman–Crippen MR) is 77.5 cm³/mol. The van der Waals surface area contributed by atoms with E-state index in [0.717, 1.165) is 0 Å². The molecule has 114 valence electrons. The summed E-state index contributed by atoms with van der Waals surface area (Å²) in [4.78, 5) is 0. The number of aliphatic hydroxyl groups excluding tert-OH is 2. The molecule has 20 heavy (non-hydrogen) atoms. The summed E-state index contributed by atoms with van der Waals surface area (Å²) in [5, 5.41) is 20.4. The standard InChI is InChI=1S/C14H23O5P/c1-10(2)18-20(17,19-11(3)4)14(16)13(15)12-8-6-5-7-9-12/h5-11,13-16H,1-4H3/t13-,14+/m1/s1. The minimum absolute atomic E-state index is 0.391. The highest BCUT2D eigenvalue weighted by Gasteiger charge is 2.41. The molecular weight excluding hydrogens is 279 g/mol. The van der Waals surface area contributed by atoms with Gasteiger partial charge < -0.3 is 19.3 Å². The van der Waals surface area contributed by atoms with Crippen molar-refractivity contribution >= 4 is 7.60 Å². The van der Waals surface area contributed by atoms with E-state index >= 15 is 0 Å². The molecule has 0 amide bonds. The second kappa shape index (κ2) is 7.34. The molecule has 2 N–H and O–H groups in total. The van der Waals surface area contributed by atoms with E-state index in [1.165, 1.54) is 0 Å². The maximum atomic E-state index is 12.7. The van der Waals surface area contributed by atoms with Crippen LogP contribution in [0.1, 0.15) is 39.4 Å². The van der Waals surface area contributed by atoms with Crippen LogP contribution in [0.5, 0.6) is 0 Å². The first-order valence-electron chi connectivity index (χ1n) is 6.64. The molecule has 0 saturated carbocycles. The lowest BCUT2D eigenvalue weighted by atomic mass is 10.1. The fourth-order valence-corrected chi connectivity index (χ4v) is 3.73. The Bertz CT molecular complexity index is 432. The molecule has 0 radical (unpaired) electrons. The Kier molecular flexibility index (Phi) is 6.37. The normalized spacial score (nSPS) is 15.6. The van der Waals surface area contributed by atoms with Crippen molar-refractivity contribution < 1.29 is 23.8 Å². The van der Waals surface area contributed by atoms with Crippen molar-refractivity contribution in [1.29, 1.82) is 0 Å². The maximum absolute atomic E-state index is 12.7. The lowest BCUT2D eigenvalue weighted by Crippen LogP contribution is -2.24. The molecule has 0 bridgehead atoms. The first kappa shape index (κ1) is 17.3. The van der Waals surface area contributed by atoms with Crippen LogP contribution in [0.2, 0.25) is 0 Å². The zero-order chi connectivity index (χ0) is 15.3. The Morgan fingerprint density at radius 1 is 0.950 bits per heavy atom. The van der Waals surface area contributed by atoms with E-state index in [4.69, 9.17) is 9.05 Å². The van der Waals surface area contributed by atoms with Gasteiger partial charge in [-0.3, -0.25) is 4.57 Å². The Balaban J connectivity index is 2.98. The van der Waals surface area contributed by atoms with E-state index in [9.17, 15) is 14.8 Å². The summed E-state index contributed by atoms with van der Waals surface area (Å²) in [6.07, 6.45) is -2.12. The van der Waals surface area contributed by atoms with E-state index in [2.05, 4.69) is 0 Å². The molecule has 6 heteroatoms.